The van der Waals surface area contributed by atoms with Gasteiger partial charge in [-0.15, -0.1) is 0 Å². The van der Waals surface area contributed by atoms with Gasteiger partial charge in [0.15, 0.2) is 0 Å². The van der Waals surface area contributed by atoms with Crippen LogP contribution in [0.3, 0.4) is 0 Å². The first kappa shape index (κ1) is 18.1. The van der Waals surface area contributed by atoms with E-state index < -0.39 is 10.0 Å². The number of likely N-dealkylation sites (N-methyl/N-ethyl adjacent to an activating group) is 1. The lowest BCUT2D eigenvalue weighted by molar-refractivity contribution is 0.370. The molecule has 0 aromatic heterocycles. The minimum absolute atomic E-state index is 0.132. The molecule has 2 N–H and O–H groups in total. The fraction of sp³-hybridized carbons (Fsp3) is 0.600. The number of hydrogen-bond acceptors (Lipinski definition) is 4. The Balaban J connectivity index is 2.71. The van der Waals surface area contributed by atoms with Crippen molar-refractivity contribution in [3.05, 3.63) is 29.8 Å². The average molecular weight is 313 g/mol. The van der Waals surface area contributed by atoms with Gasteiger partial charge in [-0.1, -0.05) is 26.0 Å². The molecule has 120 valence electrons. The lowest BCUT2D eigenvalue weighted by Crippen LogP contribution is -2.39. The average Bonchev–Trinajstić information content (AvgIpc) is 2.35. The maximum Gasteiger partial charge on any atom is 0.240 e. The van der Waals surface area contributed by atoms with E-state index in [1.165, 1.54) is 0 Å². The first-order valence-electron chi connectivity index (χ1n) is 7.20. The Bertz CT molecular complexity index is 524. The summed E-state index contributed by atoms with van der Waals surface area (Å²) in [4.78, 5) is 2.26. The molecule has 0 aliphatic carbocycles. The van der Waals surface area contributed by atoms with E-state index in [9.17, 15) is 8.42 Å². The van der Waals surface area contributed by atoms with Gasteiger partial charge in [-0.3, -0.25) is 0 Å². The molecule has 5 nitrogen and oxygen atoms in total. The summed E-state index contributed by atoms with van der Waals surface area (Å²) < 4.78 is 27.2. The number of rotatable bonds is 8. The third kappa shape index (κ3) is 6.56. The Hall–Kier alpha value is -0.950. The van der Waals surface area contributed by atoms with Crippen LogP contribution in [0.15, 0.2) is 29.2 Å². The highest BCUT2D eigenvalue weighted by molar-refractivity contribution is 7.89. The van der Waals surface area contributed by atoms with Gasteiger partial charge in [-0.2, -0.15) is 0 Å². The summed E-state index contributed by atoms with van der Waals surface area (Å²) in [5.41, 5.74) is 1.07. The van der Waals surface area contributed by atoms with E-state index in [1.54, 1.807) is 12.1 Å². The predicted octanol–water partition coefficient (Wildman–Crippen LogP) is 1.41. The van der Waals surface area contributed by atoms with Crippen LogP contribution in [0.25, 0.3) is 0 Å². The quantitative estimate of drug-likeness (QED) is 0.762. The molecule has 0 radical (unpaired) electrons. The Morgan fingerprint density at radius 2 is 1.67 bits per heavy atom. The molecular weight excluding hydrogens is 286 g/mol. The fourth-order valence-electron chi connectivity index (χ4n) is 2.03. The SMILES string of the molecule is CC(C)NCc1ccc(S(=O)(=O)NC(C)CN(C)C)cc1. The molecule has 0 fully saturated rings. The third-order valence-electron chi connectivity index (χ3n) is 2.94. The van der Waals surface area contributed by atoms with Crippen LogP contribution in [0.1, 0.15) is 26.3 Å². The van der Waals surface area contributed by atoms with Gasteiger partial charge in [0.05, 0.1) is 4.90 Å². The van der Waals surface area contributed by atoms with E-state index in [2.05, 4.69) is 23.9 Å². The van der Waals surface area contributed by atoms with Crippen LogP contribution >= 0.6 is 0 Å². The van der Waals surface area contributed by atoms with E-state index in [0.29, 0.717) is 17.5 Å². The standard InChI is InChI=1S/C15H27N3O2S/c1-12(2)16-10-14-6-8-15(9-7-14)21(19,20)17-13(3)11-18(4)5/h6-9,12-13,16-17H,10-11H2,1-5H3. The van der Waals surface area contributed by atoms with Gasteiger partial charge >= 0.3 is 0 Å². The summed E-state index contributed by atoms with van der Waals surface area (Å²) in [6.07, 6.45) is 0. The highest BCUT2D eigenvalue weighted by Gasteiger charge is 2.17. The Labute approximate surface area is 128 Å². The van der Waals surface area contributed by atoms with E-state index in [0.717, 1.165) is 12.1 Å². The van der Waals surface area contributed by atoms with E-state index >= 15 is 0 Å². The summed E-state index contributed by atoms with van der Waals surface area (Å²) in [6.45, 7) is 7.42. The van der Waals surface area contributed by atoms with Crippen LogP contribution in [-0.2, 0) is 16.6 Å². The number of hydrogen-bond donors (Lipinski definition) is 2. The van der Waals surface area contributed by atoms with E-state index in [-0.39, 0.29) is 6.04 Å². The number of nitrogens with one attached hydrogen (secondary N) is 2. The van der Waals surface area contributed by atoms with Crippen molar-refractivity contribution in [2.24, 2.45) is 0 Å². The molecule has 0 bridgehead atoms. The van der Waals surface area contributed by atoms with Crippen molar-refractivity contribution in [3.63, 3.8) is 0 Å². The lowest BCUT2D eigenvalue weighted by Gasteiger charge is -2.18. The molecule has 1 atom stereocenters. The van der Waals surface area contributed by atoms with Crippen molar-refractivity contribution in [1.82, 2.24) is 14.9 Å². The first-order valence-corrected chi connectivity index (χ1v) is 8.68. The Kier molecular flexibility index (Phi) is 6.80. The fourth-order valence-corrected chi connectivity index (χ4v) is 3.26. The maximum absolute atomic E-state index is 12.3. The van der Waals surface area contributed by atoms with Crippen molar-refractivity contribution < 1.29 is 8.42 Å². The number of sulfonamides is 1. The van der Waals surface area contributed by atoms with Gasteiger partial charge in [0.25, 0.3) is 0 Å². The van der Waals surface area contributed by atoms with Crippen molar-refractivity contribution in [3.8, 4) is 0 Å². The van der Waals surface area contributed by atoms with Crippen molar-refractivity contribution >= 4 is 10.0 Å². The zero-order chi connectivity index (χ0) is 16.0. The monoisotopic (exact) mass is 313 g/mol. The third-order valence-corrected chi connectivity index (χ3v) is 4.55. The molecule has 0 spiro atoms. The van der Waals surface area contributed by atoms with Gasteiger partial charge in [-0.05, 0) is 38.7 Å². The lowest BCUT2D eigenvalue weighted by atomic mass is 10.2. The number of benzene rings is 1. The van der Waals surface area contributed by atoms with Crippen LogP contribution in [-0.4, -0.2) is 46.0 Å². The number of nitrogens with zero attached hydrogens (tertiary/aromatic N) is 1. The van der Waals surface area contributed by atoms with E-state index in [1.807, 2.05) is 38.1 Å². The highest BCUT2D eigenvalue weighted by atomic mass is 32.2. The van der Waals surface area contributed by atoms with E-state index in [4.69, 9.17) is 0 Å². The van der Waals surface area contributed by atoms with Gasteiger partial charge in [-0.25, -0.2) is 13.1 Å². The topological polar surface area (TPSA) is 61.4 Å². The second kappa shape index (κ2) is 7.89. The van der Waals surface area contributed by atoms with Crippen molar-refractivity contribution in [2.45, 2.75) is 44.3 Å². The second-order valence-corrected chi connectivity index (χ2v) is 7.68. The smallest absolute Gasteiger partial charge is 0.240 e. The van der Waals surface area contributed by atoms with Crippen LogP contribution < -0.4 is 10.0 Å². The van der Waals surface area contributed by atoms with Gasteiger partial charge < -0.3 is 10.2 Å². The largest absolute Gasteiger partial charge is 0.310 e. The molecule has 21 heavy (non-hydrogen) atoms. The molecule has 1 aromatic rings. The van der Waals surface area contributed by atoms with Gasteiger partial charge in [0, 0.05) is 25.2 Å². The zero-order valence-corrected chi connectivity index (χ0v) is 14.4. The normalized spacial score (nSPS) is 13.9. The molecular formula is C15H27N3O2S. The predicted molar refractivity (Wildman–Crippen MR) is 86.8 cm³/mol. The van der Waals surface area contributed by atoms with Crippen LogP contribution in [0.4, 0.5) is 0 Å². The molecule has 0 heterocycles. The van der Waals surface area contributed by atoms with Crippen molar-refractivity contribution in [1.29, 1.82) is 0 Å². The second-order valence-electron chi connectivity index (χ2n) is 5.96. The van der Waals surface area contributed by atoms with Gasteiger partial charge in [0.1, 0.15) is 0 Å². The molecule has 0 amide bonds. The molecule has 1 rings (SSSR count). The minimum atomic E-state index is -3.45. The summed E-state index contributed by atoms with van der Waals surface area (Å²) in [5, 5.41) is 3.30. The molecule has 1 unspecified atom stereocenters. The van der Waals surface area contributed by atoms with Crippen molar-refractivity contribution in [2.75, 3.05) is 20.6 Å². The van der Waals surface area contributed by atoms with Crippen LogP contribution in [0.2, 0.25) is 0 Å². The first-order chi connectivity index (χ1) is 9.70. The van der Waals surface area contributed by atoms with Crippen LogP contribution in [0, 0.1) is 0 Å². The van der Waals surface area contributed by atoms with Crippen LogP contribution in [0.5, 0.6) is 0 Å². The summed E-state index contributed by atoms with van der Waals surface area (Å²) in [7, 11) is 0.386. The summed E-state index contributed by atoms with van der Waals surface area (Å²) in [5.74, 6) is 0. The molecule has 1 aromatic carbocycles. The highest BCUT2D eigenvalue weighted by Crippen LogP contribution is 2.11. The Morgan fingerprint density at radius 3 is 2.14 bits per heavy atom. The molecule has 6 heteroatoms. The molecule has 0 aliphatic rings. The minimum Gasteiger partial charge on any atom is -0.310 e. The molecule has 0 saturated carbocycles. The maximum atomic E-state index is 12.3. The van der Waals surface area contributed by atoms with Gasteiger partial charge in [0.2, 0.25) is 10.0 Å². The molecule has 0 saturated heterocycles. The summed E-state index contributed by atoms with van der Waals surface area (Å²) >= 11 is 0. The summed E-state index contributed by atoms with van der Waals surface area (Å²) in [6, 6.07) is 7.28. The Morgan fingerprint density at radius 1 is 1.10 bits per heavy atom. The zero-order valence-electron chi connectivity index (χ0n) is 13.6. The molecule has 0 aliphatic heterocycles.